The maximum atomic E-state index is 12.3. The molecule has 2 rings (SSSR count). The van der Waals surface area contributed by atoms with Crippen molar-refractivity contribution in [3.63, 3.8) is 0 Å². The molecule has 0 bridgehead atoms. The number of benzene rings is 1. The molecule has 1 unspecified atom stereocenters. The van der Waals surface area contributed by atoms with Gasteiger partial charge in [-0.1, -0.05) is 37.3 Å². The molecule has 1 aromatic rings. The fraction of sp³-hybridized carbons (Fsp3) is 0.611. The van der Waals surface area contributed by atoms with Crippen molar-refractivity contribution in [3.8, 4) is 0 Å². The van der Waals surface area contributed by atoms with E-state index in [-0.39, 0.29) is 12.4 Å². The molecule has 1 heterocycles. The van der Waals surface area contributed by atoms with Crippen molar-refractivity contribution in [2.75, 3.05) is 32.7 Å². The van der Waals surface area contributed by atoms with E-state index >= 15 is 0 Å². The number of nitrogens with zero attached hydrogens (tertiary/aromatic N) is 2. The zero-order chi connectivity index (χ0) is 15.8. The predicted octanol–water partition coefficient (Wildman–Crippen LogP) is 2.53. The summed E-state index contributed by atoms with van der Waals surface area (Å²) in [7, 11) is 0. The van der Waals surface area contributed by atoms with Gasteiger partial charge in [-0.25, -0.2) is 0 Å². The molecule has 4 nitrogen and oxygen atoms in total. The van der Waals surface area contributed by atoms with E-state index in [1.165, 1.54) is 5.56 Å². The number of carbonyl (C=O) groups is 1. The van der Waals surface area contributed by atoms with Crippen molar-refractivity contribution in [1.29, 1.82) is 0 Å². The van der Waals surface area contributed by atoms with E-state index in [1.807, 2.05) is 11.0 Å². The van der Waals surface area contributed by atoms with Crippen molar-refractivity contribution in [3.05, 3.63) is 35.9 Å². The van der Waals surface area contributed by atoms with Gasteiger partial charge in [0.05, 0.1) is 0 Å². The van der Waals surface area contributed by atoms with Gasteiger partial charge < -0.3 is 10.2 Å². The Hall–Kier alpha value is -1.10. The number of hydrogen-bond acceptors (Lipinski definition) is 3. The third kappa shape index (κ3) is 6.50. The highest BCUT2D eigenvalue weighted by molar-refractivity contribution is 5.85. The van der Waals surface area contributed by atoms with Gasteiger partial charge in [0.15, 0.2) is 0 Å². The van der Waals surface area contributed by atoms with E-state index in [2.05, 4.69) is 48.3 Å². The van der Waals surface area contributed by atoms with E-state index in [0.29, 0.717) is 18.4 Å². The Labute approximate surface area is 146 Å². The van der Waals surface area contributed by atoms with Crippen LogP contribution < -0.4 is 5.32 Å². The molecule has 1 amide bonds. The fourth-order valence-electron chi connectivity index (χ4n) is 2.84. The van der Waals surface area contributed by atoms with Crippen LogP contribution in [0.3, 0.4) is 0 Å². The molecule has 23 heavy (non-hydrogen) atoms. The van der Waals surface area contributed by atoms with Gasteiger partial charge in [-0.3, -0.25) is 9.69 Å². The van der Waals surface area contributed by atoms with E-state index < -0.39 is 0 Å². The minimum Gasteiger partial charge on any atom is -0.340 e. The lowest BCUT2D eigenvalue weighted by Gasteiger charge is -2.31. The first-order valence-electron chi connectivity index (χ1n) is 8.47. The summed E-state index contributed by atoms with van der Waals surface area (Å²) in [6.07, 6.45) is 1.73. The zero-order valence-electron chi connectivity index (χ0n) is 14.3. The highest BCUT2D eigenvalue weighted by Gasteiger charge is 2.19. The maximum Gasteiger partial charge on any atom is 0.223 e. The Balaban J connectivity index is 0.00000264. The molecule has 1 saturated heterocycles. The van der Waals surface area contributed by atoms with Crippen molar-refractivity contribution in [2.24, 2.45) is 0 Å². The maximum absolute atomic E-state index is 12.3. The summed E-state index contributed by atoms with van der Waals surface area (Å²) in [6.45, 7) is 9.76. The minimum atomic E-state index is 0. The van der Waals surface area contributed by atoms with Crippen molar-refractivity contribution >= 4 is 18.3 Å². The lowest BCUT2D eigenvalue weighted by atomic mass is 10.1. The Morgan fingerprint density at radius 1 is 1.26 bits per heavy atom. The average molecular weight is 340 g/mol. The fourth-order valence-corrected chi connectivity index (χ4v) is 2.84. The number of halogens is 1. The van der Waals surface area contributed by atoms with Crippen LogP contribution in [0.5, 0.6) is 0 Å². The Kier molecular flexibility index (Phi) is 9.22. The first-order chi connectivity index (χ1) is 10.7. The SMILES string of the molecule is CCC(C)N(CCC(=O)N1CCNCC1)Cc1ccccc1.Cl. The molecule has 130 valence electrons. The Bertz CT molecular complexity index is 449. The number of rotatable bonds is 7. The van der Waals surface area contributed by atoms with Crippen LogP contribution in [0.25, 0.3) is 0 Å². The van der Waals surface area contributed by atoms with Gasteiger partial charge in [0.2, 0.25) is 5.91 Å². The largest absolute Gasteiger partial charge is 0.340 e. The van der Waals surface area contributed by atoms with Gasteiger partial charge in [-0.05, 0) is 18.9 Å². The van der Waals surface area contributed by atoms with Crippen LogP contribution in [-0.4, -0.2) is 54.5 Å². The smallest absolute Gasteiger partial charge is 0.223 e. The molecule has 0 radical (unpaired) electrons. The van der Waals surface area contributed by atoms with Crippen LogP contribution in [-0.2, 0) is 11.3 Å². The summed E-state index contributed by atoms with van der Waals surface area (Å²) in [5.74, 6) is 0.294. The Morgan fingerprint density at radius 2 is 1.91 bits per heavy atom. The quantitative estimate of drug-likeness (QED) is 0.829. The van der Waals surface area contributed by atoms with Gasteiger partial charge in [0.1, 0.15) is 0 Å². The molecule has 1 atom stereocenters. The van der Waals surface area contributed by atoms with Crippen molar-refractivity contribution in [1.82, 2.24) is 15.1 Å². The molecular weight excluding hydrogens is 310 g/mol. The third-order valence-corrected chi connectivity index (χ3v) is 4.53. The molecule has 1 fully saturated rings. The van der Waals surface area contributed by atoms with E-state index in [0.717, 1.165) is 45.7 Å². The van der Waals surface area contributed by atoms with Gasteiger partial charge in [0.25, 0.3) is 0 Å². The van der Waals surface area contributed by atoms with E-state index in [1.54, 1.807) is 0 Å². The summed E-state index contributed by atoms with van der Waals surface area (Å²) in [5, 5.41) is 3.29. The second-order valence-corrected chi connectivity index (χ2v) is 6.09. The van der Waals surface area contributed by atoms with E-state index in [9.17, 15) is 4.79 Å². The number of hydrogen-bond donors (Lipinski definition) is 1. The van der Waals surface area contributed by atoms with Crippen LogP contribution in [0.1, 0.15) is 32.3 Å². The summed E-state index contributed by atoms with van der Waals surface area (Å²) >= 11 is 0. The summed E-state index contributed by atoms with van der Waals surface area (Å²) < 4.78 is 0. The van der Waals surface area contributed by atoms with Gasteiger partial charge in [-0.15, -0.1) is 12.4 Å². The average Bonchev–Trinajstić information content (AvgIpc) is 2.59. The molecule has 1 aliphatic rings. The molecule has 1 aromatic carbocycles. The second-order valence-electron chi connectivity index (χ2n) is 6.09. The van der Waals surface area contributed by atoms with Crippen LogP contribution >= 0.6 is 12.4 Å². The van der Waals surface area contributed by atoms with E-state index in [4.69, 9.17) is 0 Å². The zero-order valence-corrected chi connectivity index (χ0v) is 15.1. The third-order valence-electron chi connectivity index (χ3n) is 4.53. The van der Waals surface area contributed by atoms with Gasteiger partial charge in [0, 0.05) is 51.7 Å². The predicted molar refractivity (Wildman–Crippen MR) is 97.9 cm³/mol. The number of nitrogens with one attached hydrogen (secondary N) is 1. The molecular formula is C18H30ClN3O. The molecule has 0 saturated carbocycles. The van der Waals surface area contributed by atoms with Crippen LogP contribution in [0.4, 0.5) is 0 Å². The first kappa shape index (κ1) is 19.9. The highest BCUT2D eigenvalue weighted by atomic mass is 35.5. The molecule has 1 aliphatic heterocycles. The molecule has 0 aromatic heterocycles. The number of piperazine rings is 1. The topological polar surface area (TPSA) is 35.6 Å². The second kappa shape index (κ2) is 10.6. The molecule has 0 aliphatic carbocycles. The number of carbonyl (C=O) groups excluding carboxylic acids is 1. The van der Waals surface area contributed by atoms with Crippen LogP contribution in [0.15, 0.2) is 30.3 Å². The Morgan fingerprint density at radius 3 is 2.52 bits per heavy atom. The number of amides is 1. The van der Waals surface area contributed by atoms with Gasteiger partial charge in [-0.2, -0.15) is 0 Å². The minimum absolute atomic E-state index is 0. The molecule has 1 N–H and O–H groups in total. The van der Waals surface area contributed by atoms with Crippen molar-refractivity contribution < 1.29 is 4.79 Å². The van der Waals surface area contributed by atoms with Gasteiger partial charge >= 0.3 is 0 Å². The molecule has 0 spiro atoms. The van der Waals surface area contributed by atoms with Crippen LogP contribution in [0, 0.1) is 0 Å². The lowest BCUT2D eigenvalue weighted by molar-refractivity contribution is -0.132. The molecule has 5 heteroatoms. The van der Waals surface area contributed by atoms with Crippen molar-refractivity contribution in [2.45, 2.75) is 39.3 Å². The summed E-state index contributed by atoms with van der Waals surface area (Å²) in [6, 6.07) is 11.0. The van der Waals surface area contributed by atoms with Crippen LogP contribution in [0.2, 0.25) is 0 Å². The lowest BCUT2D eigenvalue weighted by Crippen LogP contribution is -2.47. The summed E-state index contributed by atoms with van der Waals surface area (Å²) in [4.78, 5) is 16.8. The standard InChI is InChI=1S/C18H29N3O.ClH/c1-3-16(2)21(15-17-7-5-4-6-8-17)12-9-18(22)20-13-10-19-11-14-20;/h4-8,16,19H,3,9-15H2,1-2H3;1H. The first-order valence-corrected chi connectivity index (χ1v) is 8.47. The monoisotopic (exact) mass is 339 g/mol. The normalized spacial score (nSPS) is 16.0. The summed E-state index contributed by atoms with van der Waals surface area (Å²) in [5.41, 5.74) is 1.32. The highest BCUT2D eigenvalue weighted by Crippen LogP contribution is 2.12.